The van der Waals surface area contributed by atoms with Crippen molar-refractivity contribution in [2.24, 2.45) is 0 Å². The molecule has 2 aliphatic rings. The lowest BCUT2D eigenvalue weighted by Gasteiger charge is -2.36. The second-order valence-electron chi connectivity index (χ2n) is 9.87. The molecule has 0 unspecified atom stereocenters. The molecule has 1 heterocycles. The maximum Gasteiger partial charge on any atom is 0.336 e. The van der Waals surface area contributed by atoms with Crippen LogP contribution in [0.1, 0.15) is 48.3 Å². The lowest BCUT2D eigenvalue weighted by atomic mass is 9.71. The number of phenolic OH excluding ortho intramolecular Hbond substituents is 1. The number of carbonyl (C=O) groups excluding carboxylic acids is 2. The minimum absolute atomic E-state index is 0.0109. The number of benzene rings is 3. The van der Waals surface area contributed by atoms with Gasteiger partial charge in [0.2, 0.25) is 0 Å². The van der Waals surface area contributed by atoms with Gasteiger partial charge in [0.25, 0.3) is 0 Å². The first kappa shape index (κ1) is 26.6. The minimum atomic E-state index is -0.654. The highest BCUT2D eigenvalue weighted by atomic mass is 35.5. The Morgan fingerprint density at radius 2 is 1.74 bits per heavy atom. The number of methoxy groups -OCH3 is 1. The van der Waals surface area contributed by atoms with Crippen LogP contribution in [0.4, 0.5) is 0 Å². The summed E-state index contributed by atoms with van der Waals surface area (Å²) in [5.41, 5.74) is 5.14. The van der Waals surface area contributed by atoms with E-state index in [4.69, 9.17) is 21.1 Å². The molecule has 2 N–H and O–H groups in total. The zero-order valence-electron chi connectivity index (χ0n) is 21.9. The highest BCUT2D eigenvalue weighted by molar-refractivity contribution is 6.30. The molecule has 0 saturated carbocycles. The minimum Gasteiger partial charge on any atom is -0.504 e. The van der Waals surface area contributed by atoms with E-state index in [1.54, 1.807) is 12.1 Å². The van der Waals surface area contributed by atoms with E-state index in [-0.39, 0.29) is 29.8 Å². The molecule has 1 aliphatic heterocycles. The lowest BCUT2D eigenvalue weighted by molar-refractivity contribution is -0.139. The number of phenols is 1. The summed E-state index contributed by atoms with van der Waals surface area (Å²) in [6.45, 7) is 2.04. The molecule has 3 aromatic carbocycles. The lowest BCUT2D eigenvalue weighted by Crippen LogP contribution is -2.36. The smallest absolute Gasteiger partial charge is 0.336 e. The summed E-state index contributed by atoms with van der Waals surface area (Å²) >= 11 is 6.08. The number of hydrogen-bond donors (Lipinski definition) is 2. The standard InChI is InChI=1S/C32H30ClNO5/c1-19-29(32(37)39-15-14-20-6-4-3-5-7-20)30(22-10-13-26(35)28(18-22)38-2)31-25(34-19)16-23(17-27(31)36)21-8-11-24(33)12-9-21/h3-13,18,23,30,34-35H,14-17H2,1-2H3/t23-,30-/m0/s1. The maximum atomic E-state index is 13.8. The van der Waals surface area contributed by atoms with Crippen molar-refractivity contribution in [1.29, 1.82) is 0 Å². The number of halogens is 1. The van der Waals surface area contributed by atoms with Gasteiger partial charge in [-0.2, -0.15) is 0 Å². The molecule has 0 saturated heterocycles. The van der Waals surface area contributed by atoms with Crippen molar-refractivity contribution in [3.05, 3.63) is 117 Å². The summed E-state index contributed by atoms with van der Waals surface area (Å²) in [5, 5.41) is 14.2. The van der Waals surface area contributed by atoms with Crippen molar-refractivity contribution in [3.63, 3.8) is 0 Å². The third-order valence-corrected chi connectivity index (χ3v) is 7.64. The molecule has 39 heavy (non-hydrogen) atoms. The zero-order valence-corrected chi connectivity index (χ0v) is 22.6. The van der Waals surface area contributed by atoms with E-state index < -0.39 is 11.9 Å². The van der Waals surface area contributed by atoms with E-state index in [1.807, 2.05) is 61.5 Å². The molecule has 2 atom stereocenters. The predicted molar refractivity (Wildman–Crippen MR) is 150 cm³/mol. The van der Waals surface area contributed by atoms with Crippen molar-refractivity contribution in [2.75, 3.05) is 13.7 Å². The number of dihydropyridines is 1. The van der Waals surface area contributed by atoms with Crippen molar-refractivity contribution in [2.45, 2.75) is 38.0 Å². The molecular formula is C32H30ClNO5. The number of ketones is 1. The van der Waals surface area contributed by atoms with Gasteiger partial charge >= 0.3 is 5.97 Å². The fourth-order valence-corrected chi connectivity index (χ4v) is 5.60. The Bertz CT molecular complexity index is 1460. The average molecular weight is 544 g/mol. The van der Waals surface area contributed by atoms with E-state index in [2.05, 4.69) is 5.32 Å². The van der Waals surface area contributed by atoms with Gasteiger partial charge in [-0.15, -0.1) is 0 Å². The Hall–Kier alpha value is -4.03. The van der Waals surface area contributed by atoms with Gasteiger partial charge in [-0.1, -0.05) is 60.1 Å². The fourth-order valence-electron chi connectivity index (χ4n) is 5.47. The molecule has 1 aliphatic carbocycles. The molecule has 0 aromatic heterocycles. The predicted octanol–water partition coefficient (Wildman–Crippen LogP) is 6.20. The monoisotopic (exact) mass is 543 g/mol. The molecule has 3 aromatic rings. The number of ether oxygens (including phenoxy) is 2. The number of carbonyl (C=O) groups is 2. The number of Topliss-reactive ketones (excluding diaryl/α,β-unsaturated/α-hetero) is 1. The van der Waals surface area contributed by atoms with Crippen molar-refractivity contribution >= 4 is 23.4 Å². The van der Waals surface area contributed by atoms with E-state index >= 15 is 0 Å². The summed E-state index contributed by atoms with van der Waals surface area (Å²) in [6.07, 6.45) is 1.50. The second kappa shape index (κ2) is 11.4. The molecule has 0 bridgehead atoms. The summed E-state index contributed by atoms with van der Waals surface area (Å²) in [4.78, 5) is 27.3. The Labute approximate surface area is 232 Å². The number of aromatic hydroxyl groups is 1. The maximum absolute atomic E-state index is 13.8. The van der Waals surface area contributed by atoms with Crippen LogP contribution in [0.25, 0.3) is 0 Å². The van der Waals surface area contributed by atoms with Crippen molar-refractivity contribution in [3.8, 4) is 11.5 Å². The molecule has 0 fully saturated rings. The van der Waals surface area contributed by atoms with Crippen LogP contribution in [0, 0.1) is 0 Å². The van der Waals surface area contributed by atoms with Crippen LogP contribution in [-0.2, 0) is 20.7 Å². The van der Waals surface area contributed by atoms with E-state index in [1.165, 1.54) is 13.2 Å². The summed E-state index contributed by atoms with van der Waals surface area (Å²) in [7, 11) is 1.47. The highest BCUT2D eigenvalue weighted by Crippen LogP contribution is 2.47. The van der Waals surface area contributed by atoms with Crippen LogP contribution in [0.5, 0.6) is 11.5 Å². The molecular weight excluding hydrogens is 514 g/mol. The summed E-state index contributed by atoms with van der Waals surface area (Å²) in [6, 6.07) is 22.3. The van der Waals surface area contributed by atoms with E-state index in [0.29, 0.717) is 46.7 Å². The molecule has 6 nitrogen and oxygen atoms in total. The SMILES string of the molecule is COc1cc([C@H]2C(C(=O)OCCc3ccccc3)=C(C)NC3=C2C(=O)C[C@@H](c2ccc(Cl)cc2)C3)ccc1O. The Morgan fingerprint density at radius 3 is 2.46 bits per heavy atom. The number of esters is 1. The van der Waals surface area contributed by atoms with Gasteiger partial charge in [0, 0.05) is 40.7 Å². The van der Waals surface area contributed by atoms with Gasteiger partial charge in [0.05, 0.1) is 19.3 Å². The van der Waals surface area contributed by atoms with E-state index in [0.717, 1.165) is 16.8 Å². The van der Waals surface area contributed by atoms with Gasteiger partial charge in [-0.25, -0.2) is 4.79 Å². The molecule has 0 radical (unpaired) electrons. The van der Waals surface area contributed by atoms with Gasteiger partial charge in [-0.05, 0) is 60.2 Å². The topological polar surface area (TPSA) is 84.9 Å². The first-order valence-corrected chi connectivity index (χ1v) is 13.3. The van der Waals surface area contributed by atoms with Crippen molar-refractivity contribution in [1.82, 2.24) is 5.32 Å². The first-order valence-electron chi connectivity index (χ1n) is 12.9. The van der Waals surface area contributed by atoms with Gasteiger partial charge in [-0.3, -0.25) is 4.79 Å². The molecule has 5 rings (SSSR count). The van der Waals surface area contributed by atoms with Crippen LogP contribution in [0.15, 0.2) is 95.3 Å². The van der Waals surface area contributed by atoms with Crippen LogP contribution in [0.2, 0.25) is 5.02 Å². The fraction of sp³-hybridized carbons (Fsp3) is 0.250. The molecule has 7 heteroatoms. The van der Waals surface area contributed by atoms with Crippen LogP contribution in [-0.4, -0.2) is 30.6 Å². The second-order valence-corrected chi connectivity index (χ2v) is 10.3. The van der Waals surface area contributed by atoms with Gasteiger partial charge in [0.1, 0.15) is 0 Å². The van der Waals surface area contributed by atoms with Crippen LogP contribution < -0.4 is 10.1 Å². The number of rotatable bonds is 7. The average Bonchev–Trinajstić information content (AvgIpc) is 2.93. The van der Waals surface area contributed by atoms with Crippen LogP contribution in [0.3, 0.4) is 0 Å². The zero-order chi connectivity index (χ0) is 27.5. The highest BCUT2D eigenvalue weighted by Gasteiger charge is 2.41. The largest absolute Gasteiger partial charge is 0.504 e. The Kier molecular flexibility index (Phi) is 7.75. The molecule has 0 spiro atoms. The quantitative estimate of drug-likeness (QED) is 0.345. The van der Waals surface area contributed by atoms with Crippen LogP contribution >= 0.6 is 11.6 Å². The van der Waals surface area contributed by atoms with E-state index in [9.17, 15) is 14.7 Å². The number of hydrogen-bond acceptors (Lipinski definition) is 6. The normalized spacial score (nSPS) is 18.9. The third-order valence-electron chi connectivity index (χ3n) is 7.39. The summed E-state index contributed by atoms with van der Waals surface area (Å²) < 4.78 is 11.1. The Morgan fingerprint density at radius 1 is 1.03 bits per heavy atom. The molecule has 200 valence electrons. The van der Waals surface area contributed by atoms with Gasteiger partial charge in [0.15, 0.2) is 17.3 Å². The first-order chi connectivity index (χ1) is 18.9. The number of allylic oxidation sites excluding steroid dienone is 3. The summed E-state index contributed by atoms with van der Waals surface area (Å²) in [5.74, 6) is -0.934. The number of nitrogens with one attached hydrogen (secondary N) is 1. The Balaban J connectivity index is 1.49. The van der Waals surface area contributed by atoms with Crippen molar-refractivity contribution < 1.29 is 24.2 Å². The van der Waals surface area contributed by atoms with Gasteiger partial charge < -0.3 is 19.9 Å². The third kappa shape index (κ3) is 5.57. The molecule has 0 amide bonds.